The number of benzene rings is 1. The molecule has 2 N–H and O–H groups in total. The highest BCUT2D eigenvalue weighted by atomic mass is 16.6. The third kappa shape index (κ3) is 2.06. The Hall–Kier alpha value is -3.13. The number of rotatable bonds is 1. The Bertz CT molecular complexity index is 1260. The number of phenolic OH excluding ortho intramolecular Hbond substituents is 1. The van der Waals surface area contributed by atoms with Gasteiger partial charge in [-0.2, -0.15) is 0 Å². The van der Waals surface area contributed by atoms with Crippen LogP contribution in [0, 0.1) is 0 Å². The zero-order valence-electron chi connectivity index (χ0n) is 15.0. The highest BCUT2D eigenvalue weighted by Crippen LogP contribution is 2.39. The fourth-order valence-corrected chi connectivity index (χ4v) is 4.18. The van der Waals surface area contributed by atoms with Gasteiger partial charge in [-0.15, -0.1) is 0 Å². The Labute approximate surface area is 160 Å². The largest absolute Gasteiger partial charge is 0.508 e. The molecule has 0 saturated carbocycles. The Balaban J connectivity index is 1.84. The van der Waals surface area contributed by atoms with E-state index in [-0.39, 0.29) is 29.0 Å². The van der Waals surface area contributed by atoms with E-state index in [4.69, 9.17) is 17.6 Å². The van der Waals surface area contributed by atoms with Gasteiger partial charge in [-0.05, 0) is 41.8 Å². The van der Waals surface area contributed by atoms with Crippen molar-refractivity contribution in [2.24, 2.45) is 0 Å². The highest BCUT2D eigenvalue weighted by molar-refractivity contribution is 6.26. The number of phenols is 1. The summed E-state index contributed by atoms with van der Waals surface area (Å²) in [5, 5.41) is 21.1. The van der Waals surface area contributed by atoms with E-state index >= 15 is 0 Å². The molecule has 0 fully saturated rings. The van der Waals surface area contributed by atoms with Crippen LogP contribution in [0.4, 0.5) is 0 Å². The van der Waals surface area contributed by atoms with Crippen LogP contribution in [-0.4, -0.2) is 33.6 Å². The number of hydrogen-bond acceptors (Lipinski definition) is 6. The molecule has 0 amide bonds. The molecule has 1 atom stereocenters. The first-order valence-corrected chi connectivity index (χ1v) is 8.93. The summed E-state index contributed by atoms with van der Waals surface area (Å²) < 4.78 is 6.45. The van der Waals surface area contributed by atoms with Crippen molar-refractivity contribution in [3.8, 4) is 17.1 Å². The third-order valence-electron chi connectivity index (χ3n) is 5.57. The number of aromatic hydroxyl groups is 1. The van der Waals surface area contributed by atoms with E-state index < -0.39 is 11.5 Å². The molecule has 28 heavy (non-hydrogen) atoms. The lowest BCUT2D eigenvalue weighted by Crippen LogP contribution is -2.45. The summed E-state index contributed by atoms with van der Waals surface area (Å²) in [6, 6.07) is 6.51. The minimum Gasteiger partial charge on any atom is -0.508 e. The Kier molecular flexibility index (Phi) is 3.31. The molecule has 2 aliphatic rings. The number of pyridine rings is 2. The lowest BCUT2D eigenvalue weighted by Gasteiger charge is -2.30. The number of nitrogens with zero attached hydrogens (tertiary/aromatic N) is 2. The van der Waals surface area contributed by atoms with Gasteiger partial charge < -0.3 is 19.5 Å². The van der Waals surface area contributed by atoms with Crippen LogP contribution in [0.15, 0.2) is 29.1 Å². The summed E-state index contributed by atoms with van der Waals surface area (Å²) in [6.45, 7) is 2.09. The van der Waals surface area contributed by atoms with Crippen molar-refractivity contribution in [2.75, 3.05) is 0 Å². The summed E-state index contributed by atoms with van der Waals surface area (Å²) in [5.74, 6) is -0.838. The smallest absolute Gasteiger partial charge is 0.333 e. The van der Waals surface area contributed by atoms with E-state index in [9.17, 15) is 19.8 Å². The van der Waals surface area contributed by atoms with Crippen LogP contribution in [0.25, 0.3) is 22.3 Å². The summed E-state index contributed by atoms with van der Waals surface area (Å²) in [4.78, 5) is 29.6. The predicted octanol–water partition coefficient (Wildman–Crippen LogP) is 1.06. The number of aliphatic hydroxyl groups is 1. The summed E-state index contributed by atoms with van der Waals surface area (Å²) >= 11 is 0. The zero-order valence-corrected chi connectivity index (χ0v) is 15.0. The molecule has 7 nitrogen and oxygen atoms in total. The number of aryl methyl sites for hydroxylation is 1. The zero-order chi connectivity index (χ0) is 19.8. The van der Waals surface area contributed by atoms with Crippen LogP contribution in [0.2, 0.25) is 0 Å². The molecule has 5 rings (SSSR count). The standard InChI is InChI=1S/C20H15BN2O5/c1-2-10-11-5-9(24)3-4-15(11)22-17-12(10)7-23-16(17)6-14-13(18(23)25)8-28-19(26)20(14,21)27/h3-6,24,27H,2,7-8H2,1H3/t20-/m0/s1. The summed E-state index contributed by atoms with van der Waals surface area (Å²) in [7, 11) is 5.76. The van der Waals surface area contributed by atoms with Gasteiger partial charge in [0.05, 0.1) is 29.0 Å². The van der Waals surface area contributed by atoms with Crippen LogP contribution in [0.1, 0.15) is 29.2 Å². The normalized spacial score (nSPS) is 19.9. The molecule has 2 aliphatic heterocycles. The van der Waals surface area contributed by atoms with Crippen LogP contribution < -0.4 is 5.56 Å². The van der Waals surface area contributed by atoms with Crippen molar-refractivity contribution in [3.63, 3.8) is 0 Å². The molecule has 0 saturated heterocycles. The summed E-state index contributed by atoms with van der Waals surface area (Å²) in [6.07, 6.45) is 0.690. The number of esters is 1. The van der Waals surface area contributed by atoms with Crippen molar-refractivity contribution in [3.05, 3.63) is 56.9 Å². The van der Waals surface area contributed by atoms with E-state index in [1.807, 2.05) is 6.92 Å². The van der Waals surface area contributed by atoms with Gasteiger partial charge in [0.25, 0.3) is 5.56 Å². The van der Waals surface area contributed by atoms with Crippen LogP contribution in [0.3, 0.4) is 0 Å². The average Bonchev–Trinajstić information content (AvgIpc) is 3.02. The van der Waals surface area contributed by atoms with E-state index in [1.165, 1.54) is 0 Å². The summed E-state index contributed by atoms with van der Waals surface area (Å²) in [5.41, 5.74) is 1.17. The number of carbonyl (C=O) groups is 1. The molecule has 0 unspecified atom stereocenters. The highest BCUT2D eigenvalue weighted by Gasteiger charge is 2.42. The lowest BCUT2D eigenvalue weighted by atomic mass is 9.73. The molecular weight excluding hydrogens is 359 g/mol. The Morgan fingerprint density at radius 1 is 1.29 bits per heavy atom. The number of carbonyl (C=O) groups excluding carboxylic acids is 1. The number of ether oxygens (including phenoxy) is 1. The monoisotopic (exact) mass is 374 g/mol. The van der Waals surface area contributed by atoms with Crippen molar-refractivity contribution in [1.29, 1.82) is 0 Å². The molecular formula is C20H15BN2O5. The number of fused-ring (bicyclic) bond motifs is 5. The minimum absolute atomic E-state index is 0.0542. The van der Waals surface area contributed by atoms with Crippen LogP contribution >= 0.6 is 0 Å². The van der Waals surface area contributed by atoms with Gasteiger partial charge in [-0.3, -0.25) is 4.79 Å². The average molecular weight is 374 g/mol. The molecule has 138 valence electrons. The molecule has 8 heteroatoms. The minimum atomic E-state index is -2.37. The molecule has 2 radical (unpaired) electrons. The van der Waals surface area contributed by atoms with Crippen LogP contribution in [0.5, 0.6) is 5.75 Å². The van der Waals surface area contributed by atoms with Gasteiger partial charge >= 0.3 is 5.97 Å². The number of aromatic nitrogens is 2. The number of cyclic esters (lactones) is 1. The molecule has 0 aliphatic carbocycles. The predicted molar refractivity (Wildman–Crippen MR) is 101 cm³/mol. The van der Waals surface area contributed by atoms with Gasteiger partial charge in [0.2, 0.25) is 0 Å². The van der Waals surface area contributed by atoms with Crippen LogP contribution in [-0.2, 0) is 34.6 Å². The van der Waals surface area contributed by atoms with Gasteiger partial charge in [0.1, 0.15) is 25.7 Å². The fraction of sp³-hybridized carbons (Fsp3) is 0.250. The third-order valence-corrected chi connectivity index (χ3v) is 5.57. The molecule has 0 bridgehead atoms. The van der Waals surface area contributed by atoms with E-state index in [1.54, 1.807) is 28.8 Å². The maximum atomic E-state index is 13.1. The first kappa shape index (κ1) is 17.0. The maximum Gasteiger partial charge on any atom is 0.333 e. The van der Waals surface area contributed by atoms with Crippen molar-refractivity contribution >= 4 is 24.7 Å². The SMILES string of the molecule is [B][C@@]1(O)C(=O)OCc2c1cc1n(c2=O)Cc2c-1nc1ccc(O)cc1c2CC. The van der Waals surface area contributed by atoms with Gasteiger partial charge in [-0.25, -0.2) is 9.78 Å². The quantitative estimate of drug-likeness (QED) is 0.382. The topological polar surface area (TPSA) is 102 Å². The second kappa shape index (κ2) is 5.45. The molecule has 1 aromatic carbocycles. The second-order valence-electron chi connectivity index (χ2n) is 7.13. The van der Waals surface area contributed by atoms with Gasteiger partial charge in [-0.1, -0.05) is 6.92 Å². The van der Waals surface area contributed by atoms with Gasteiger partial charge in [0.15, 0.2) is 0 Å². The first-order valence-electron chi connectivity index (χ1n) is 8.93. The molecule has 4 heterocycles. The molecule has 0 spiro atoms. The van der Waals surface area contributed by atoms with Crippen molar-refractivity contribution in [1.82, 2.24) is 9.55 Å². The van der Waals surface area contributed by atoms with Crippen molar-refractivity contribution < 1.29 is 19.7 Å². The molecule has 3 aromatic rings. The second-order valence-corrected chi connectivity index (χ2v) is 7.13. The lowest BCUT2D eigenvalue weighted by molar-refractivity contribution is -0.162. The van der Waals surface area contributed by atoms with E-state index in [0.717, 1.165) is 16.5 Å². The van der Waals surface area contributed by atoms with Crippen molar-refractivity contribution in [2.45, 2.75) is 32.0 Å². The maximum absolute atomic E-state index is 13.1. The van der Waals surface area contributed by atoms with E-state index in [2.05, 4.69) is 0 Å². The molecule has 2 aromatic heterocycles. The fourth-order valence-electron chi connectivity index (χ4n) is 4.18. The number of hydrogen-bond donors (Lipinski definition) is 2. The van der Waals surface area contributed by atoms with E-state index in [0.29, 0.717) is 29.9 Å². The van der Waals surface area contributed by atoms with Gasteiger partial charge in [0, 0.05) is 10.9 Å². The Morgan fingerprint density at radius 3 is 2.82 bits per heavy atom. The Morgan fingerprint density at radius 2 is 2.07 bits per heavy atom. The first-order chi connectivity index (χ1) is 13.3.